The number of thioether (sulfide) groups is 1. The van der Waals surface area contributed by atoms with E-state index in [9.17, 15) is 14.4 Å². The predicted molar refractivity (Wildman–Crippen MR) is 90.7 cm³/mol. The van der Waals surface area contributed by atoms with Gasteiger partial charge in [-0.15, -0.1) is 11.8 Å². The molecule has 122 valence electrons. The molecule has 1 aromatic rings. The van der Waals surface area contributed by atoms with Crippen molar-refractivity contribution in [2.45, 2.75) is 5.25 Å². The van der Waals surface area contributed by atoms with Crippen LogP contribution in [0, 0.1) is 0 Å². The van der Waals surface area contributed by atoms with Gasteiger partial charge in [0, 0.05) is 23.3 Å². The van der Waals surface area contributed by atoms with Crippen LogP contribution in [0.5, 0.6) is 0 Å². The summed E-state index contributed by atoms with van der Waals surface area (Å²) in [7, 11) is 1.37. The number of fused-ring (bicyclic) bond motifs is 1. The third-order valence-corrected chi connectivity index (χ3v) is 5.54. The van der Waals surface area contributed by atoms with Gasteiger partial charge < -0.3 is 4.74 Å². The van der Waals surface area contributed by atoms with Gasteiger partial charge in [0.2, 0.25) is 0 Å². The number of carbonyl (C=O) groups is 3. The summed E-state index contributed by atoms with van der Waals surface area (Å²) in [6, 6.07) is 5.23. The Bertz CT molecular complexity index is 681. The topological polar surface area (TPSA) is 66.9 Å². The highest BCUT2D eigenvalue weighted by Crippen LogP contribution is 2.32. The van der Waals surface area contributed by atoms with E-state index in [0.717, 1.165) is 16.8 Å². The molecule has 1 aromatic carbocycles. The van der Waals surface area contributed by atoms with E-state index in [1.54, 1.807) is 30.0 Å². The van der Waals surface area contributed by atoms with Gasteiger partial charge in [0.15, 0.2) is 0 Å². The molecule has 0 unspecified atom stereocenters. The van der Waals surface area contributed by atoms with Crippen LogP contribution in [-0.2, 0) is 14.3 Å². The van der Waals surface area contributed by atoms with Gasteiger partial charge in [0.25, 0.3) is 5.78 Å². The minimum Gasteiger partial charge on any atom is -0.468 e. The molecule has 1 atom stereocenters. The molecule has 6 nitrogen and oxygen atoms in total. The fraction of sp³-hybridized carbons (Fsp3) is 0.400. The highest BCUT2D eigenvalue weighted by Gasteiger charge is 2.38. The number of amides is 1. The lowest BCUT2D eigenvalue weighted by atomic mass is 10.1. The number of hydrogen-bond acceptors (Lipinski definition) is 6. The molecule has 0 aromatic heterocycles. The summed E-state index contributed by atoms with van der Waals surface area (Å²) < 4.78 is 5.55. The van der Waals surface area contributed by atoms with Crippen LogP contribution in [0.25, 0.3) is 0 Å². The highest BCUT2D eigenvalue weighted by atomic mass is 79.9. The number of nitrogens with zero attached hydrogens (tertiary/aromatic N) is 2. The van der Waals surface area contributed by atoms with Crippen molar-refractivity contribution in [2.75, 3.05) is 37.5 Å². The number of ether oxygens (including phenoxy) is 1. The minimum atomic E-state index is -0.522. The van der Waals surface area contributed by atoms with Crippen molar-refractivity contribution in [2.24, 2.45) is 0 Å². The summed E-state index contributed by atoms with van der Waals surface area (Å²) in [6.07, 6.45) is 0. The van der Waals surface area contributed by atoms with Crippen molar-refractivity contribution in [3.05, 3.63) is 28.2 Å². The molecule has 23 heavy (non-hydrogen) atoms. The normalized spacial score (nSPS) is 21.5. The summed E-state index contributed by atoms with van der Waals surface area (Å²) in [6.45, 7) is 1.55. The molecule has 8 heteroatoms. The lowest BCUT2D eigenvalue weighted by molar-refractivity contribution is -0.140. The number of rotatable bonds is 3. The SMILES string of the molecule is COC(=O)[C@H]1CN(CN2C(=O)C(=O)c3cc(Br)ccc32)CCS1. The number of methoxy groups -OCH3 is 1. The van der Waals surface area contributed by atoms with Crippen molar-refractivity contribution in [1.82, 2.24) is 4.90 Å². The smallest absolute Gasteiger partial charge is 0.320 e. The van der Waals surface area contributed by atoms with E-state index in [1.165, 1.54) is 12.0 Å². The number of benzene rings is 1. The summed E-state index contributed by atoms with van der Waals surface area (Å²) in [5.74, 6) is -0.487. The van der Waals surface area contributed by atoms with Crippen LogP contribution in [0.2, 0.25) is 0 Å². The van der Waals surface area contributed by atoms with E-state index in [2.05, 4.69) is 15.9 Å². The van der Waals surface area contributed by atoms with Crippen LogP contribution >= 0.6 is 27.7 Å². The Morgan fingerprint density at radius 1 is 1.43 bits per heavy atom. The fourth-order valence-electron chi connectivity index (χ4n) is 2.72. The number of halogens is 1. The van der Waals surface area contributed by atoms with Crippen LogP contribution < -0.4 is 4.90 Å². The first-order chi connectivity index (χ1) is 11.0. The molecule has 1 amide bonds. The van der Waals surface area contributed by atoms with Gasteiger partial charge in [0.05, 0.1) is 25.0 Å². The molecular weight excluding hydrogens is 384 g/mol. The van der Waals surface area contributed by atoms with Crippen molar-refractivity contribution >= 4 is 51.0 Å². The van der Waals surface area contributed by atoms with Gasteiger partial charge in [-0.2, -0.15) is 0 Å². The standard InChI is InChI=1S/C15H15BrN2O4S/c1-22-15(21)12-7-17(4-5-23-12)8-18-11-3-2-9(16)6-10(11)13(19)14(18)20/h2-3,6,12H,4-5,7-8H2,1H3/t12-/m1/s1. The molecule has 3 rings (SSSR count). The predicted octanol–water partition coefficient (Wildman–Crippen LogP) is 1.53. The molecule has 0 bridgehead atoms. The zero-order valence-electron chi connectivity index (χ0n) is 12.5. The van der Waals surface area contributed by atoms with Crippen molar-refractivity contribution in [1.29, 1.82) is 0 Å². The maximum Gasteiger partial charge on any atom is 0.320 e. The molecule has 2 aliphatic heterocycles. The van der Waals surface area contributed by atoms with Gasteiger partial charge >= 0.3 is 11.9 Å². The second-order valence-electron chi connectivity index (χ2n) is 5.32. The Kier molecular flexibility index (Phi) is 4.74. The van der Waals surface area contributed by atoms with Crippen molar-refractivity contribution in [3.8, 4) is 0 Å². The van der Waals surface area contributed by atoms with Gasteiger partial charge in [-0.05, 0) is 18.2 Å². The lowest BCUT2D eigenvalue weighted by Gasteiger charge is -2.33. The lowest BCUT2D eigenvalue weighted by Crippen LogP contribution is -2.48. The summed E-state index contributed by atoms with van der Waals surface area (Å²) in [4.78, 5) is 39.5. The van der Waals surface area contributed by atoms with E-state index in [4.69, 9.17) is 4.74 Å². The van der Waals surface area contributed by atoms with Crippen LogP contribution in [0.15, 0.2) is 22.7 Å². The zero-order valence-corrected chi connectivity index (χ0v) is 14.9. The van der Waals surface area contributed by atoms with Crippen LogP contribution in [0.4, 0.5) is 5.69 Å². The molecule has 2 heterocycles. The first-order valence-corrected chi connectivity index (χ1v) is 8.93. The van der Waals surface area contributed by atoms with E-state index in [0.29, 0.717) is 24.5 Å². The average molecular weight is 399 g/mol. The number of esters is 1. The van der Waals surface area contributed by atoms with E-state index < -0.39 is 11.7 Å². The molecule has 0 N–H and O–H groups in total. The highest BCUT2D eigenvalue weighted by molar-refractivity contribution is 9.10. The molecule has 1 fully saturated rings. The maximum absolute atomic E-state index is 12.3. The Morgan fingerprint density at radius 3 is 2.96 bits per heavy atom. The Labute approximate surface area is 146 Å². The average Bonchev–Trinajstić information content (AvgIpc) is 2.79. The maximum atomic E-state index is 12.3. The number of ketones is 1. The number of carbonyl (C=O) groups excluding carboxylic acids is 3. The molecule has 0 saturated carbocycles. The van der Waals surface area contributed by atoms with Crippen LogP contribution in [-0.4, -0.2) is 60.4 Å². The molecule has 1 saturated heterocycles. The largest absolute Gasteiger partial charge is 0.468 e. The van der Waals surface area contributed by atoms with Crippen LogP contribution in [0.3, 0.4) is 0 Å². The number of hydrogen-bond donors (Lipinski definition) is 0. The van der Waals surface area contributed by atoms with Crippen molar-refractivity contribution < 1.29 is 19.1 Å². The number of Topliss-reactive ketones (excluding diaryl/α,β-unsaturated/α-hetero) is 1. The van der Waals surface area contributed by atoms with E-state index in [1.807, 2.05) is 4.90 Å². The quantitative estimate of drug-likeness (QED) is 0.568. The zero-order chi connectivity index (χ0) is 16.6. The first kappa shape index (κ1) is 16.5. The van der Waals surface area contributed by atoms with E-state index in [-0.39, 0.29) is 11.2 Å². The second kappa shape index (κ2) is 6.62. The molecule has 0 spiro atoms. The van der Waals surface area contributed by atoms with Gasteiger partial charge in [-0.1, -0.05) is 15.9 Å². The Morgan fingerprint density at radius 2 is 2.22 bits per heavy atom. The molecular formula is C15H15BrN2O4S. The molecule has 0 aliphatic carbocycles. The summed E-state index contributed by atoms with van der Waals surface area (Å²) >= 11 is 4.87. The number of anilines is 1. The molecule has 2 aliphatic rings. The Balaban J connectivity index is 1.77. The fourth-order valence-corrected chi connectivity index (χ4v) is 4.28. The third-order valence-electron chi connectivity index (χ3n) is 3.89. The van der Waals surface area contributed by atoms with Gasteiger partial charge in [-0.25, -0.2) is 0 Å². The molecule has 0 radical (unpaired) electrons. The van der Waals surface area contributed by atoms with Crippen LogP contribution in [0.1, 0.15) is 10.4 Å². The third kappa shape index (κ3) is 3.15. The van der Waals surface area contributed by atoms with Gasteiger partial charge in [-0.3, -0.25) is 24.2 Å². The Hall–Kier alpha value is -1.38. The van der Waals surface area contributed by atoms with Crippen molar-refractivity contribution in [3.63, 3.8) is 0 Å². The van der Waals surface area contributed by atoms with Gasteiger partial charge in [0.1, 0.15) is 5.25 Å². The monoisotopic (exact) mass is 398 g/mol. The first-order valence-electron chi connectivity index (χ1n) is 7.09. The van der Waals surface area contributed by atoms with E-state index >= 15 is 0 Å². The second-order valence-corrected chi connectivity index (χ2v) is 7.55. The summed E-state index contributed by atoms with van der Waals surface area (Å²) in [5.41, 5.74) is 1.04. The summed E-state index contributed by atoms with van der Waals surface area (Å²) in [5, 5.41) is -0.258. The minimum absolute atomic E-state index is 0.257.